The molecule has 1 aromatic carbocycles. The van der Waals surface area contributed by atoms with Gasteiger partial charge < -0.3 is 39.5 Å². The van der Waals surface area contributed by atoms with Gasteiger partial charge in [-0.05, 0) is 50.8 Å². The fraction of sp³-hybridized carbons (Fsp3) is 0.500. The van der Waals surface area contributed by atoms with Crippen molar-refractivity contribution in [3.05, 3.63) is 41.6 Å². The number of hydrogen-bond acceptors (Lipinski definition) is 8. The van der Waals surface area contributed by atoms with Crippen LogP contribution < -0.4 is 19.5 Å². The molecule has 218 valence electrons. The third kappa shape index (κ3) is 6.34. The molecule has 0 spiro atoms. The molecule has 3 heterocycles. The topological polar surface area (TPSA) is 134 Å². The smallest absolute Gasteiger partial charge is 0.321 e. The number of ether oxygens (including phenoxy) is 3. The number of aromatic nitrogens is 1. The minimum absolute atomic E-state index is 0.136. The first-order valence-corrected chi connectivity index (χ1v) is 13.9. The molecule has 2 aliphatic heterocycles. The fourth-order valence-electron chi connectivity index (χ4n) is 5.21. The van der Waals surface area contributed by atoms with Gasteiger partial charge in [0.25, 0.3) is 5.91 Å². The molecule has 1 fully saturated rings. The number of nitrogens with one attached hydrogen (secondary N) is 1. The number of likely N-dealkylation sites (N-methyl/N-ethyl adjacent to an activating group) is 1. The van der Waals surface area contributed by atoms with Crippen molar-refractivity contribution in [3.63, 3.8) is 0 Å². The molecule has 3 N–H and O–H groups in total. The monoisotopic (exact) mass is 564 g/mol. The van der Waals surface area contributed by atoms with Gasteiger partial charge in [-0.3, -0.25) is 4.79 Å². The van der Waals surface area contributed by atoms with Gasteiger partial charge in [0.2, 0.25) is 12.7 Å². The van der Waals surface area contributed by atoms with Crippen molar-refractivity contribution in [2.75, 3.05) is 38.9 Å². The molecule has 3 aliphatic rings. The number of carbonyl (C=O) groups is 2. The molecule has 0 unspecified atom stereocenters. The third-order valence-electron chi connectivity index (χ3n) is 7.82. The van der Waals surface area contributed by atoms with E-state index in [1.165, 1.54) is 11.1 Å². The average molecular weight is 565 g/mol. The highest BCUT2D eigenvalue weighted by Crippen LogP contribution is 2.34. The van der Waals surface area contributed by atoms with Gasteiger partial charge in [0, 0.05) is 43.0 Å². The lowest BCUT2D eigenvalue weighted by Crippen LogP contribution is -2.50. The van der Waals surface area contributed by atoms with E-state index in [9.17, 15) is 19.8 Å². The molecule has 41 heavy (non-hydrogen) atoms. The van der Waals surface area contributed by atoms with Crippen LogP contribution in [0.2, 0.25) is 0 Å². The maximum atomic E-state index is 13.6. The van der Waals surface area contributed by atoms with Crippen LogP contribution in [0.15, 0.2) is 30.5 Å². The summed E-state index contributed by atoms with van der Waals surface area (Å²) in [4.78, 5) is 34.2. The molecule has 0 radical (unpaired) electrons. The lowest BCUT2D eigenvalue weighted by atomic mass is 9.99. The summed E-state index contributed by atoms with van der Waals surface area (Å²) in [6, 6.07) is 6.01. The Labute approximate surface area is 239 Å². The Morgan fingerprint density at radius 2 is 2.02 bits per heavy atom. The van der Waals surface area contributed by atoms with Gasteiger partial charge in [0.1, 0.15) is 17.3 Å². The van der Waals surface area contributed by atoms with Crippen molar-refractivity contribution in [2.24, 2.45) is 5.92 Å². The van der Waals surface area contributed by atoms with Crippen LogP contribution in [-0.4, -0.2) is 88.2 Å². The number of urea groups is 1. The van der Waals surface area contributed by atoms with Crippen LogP contribution in [0.25, 0.3) is 0 Å². The number of nitrogens with zero attached hydrogens (tertiary/aromatic N) is 3. The van der Waals surface area contributed by atoms with Crippen molar-refractivity contribution in [1.82, 2.24) is 14.8 Å². The van der Waals surface area contributed by atoms with Gasteiger partial charge in [-0.1, -0.05) is 18.8 Å². The summed E-state index contributed by atoms with van der Waals surface area (Å²) < 4.78 is 17.0. The van der Waals surface area contributed by atoms with Gasteiger partial charge in [-0.2, -0.15) is 0 Å². The molecule has 11 nitrogen and oxygen atoms in total. The zero-order valence-electron chi connectivity index (χ0n) is 23.6. The number of aliphatic hydroxyl groups excluding tert-OH is 1. The Morgan fingerprint density at radius 1 is 1.27 bits per heavy atom. The van der Waals surface area contributed by atoms with E-state index < -0.39 is 17.7 Å². The standard InChI is InChI=1S/C30H36N4O7/c1-19-15-34(20(2)17-35)28(36)23-12-21(8-11-30(38)9-4-5-10-30)14-31-27(23)41-26(19)16-33(3)29(37)32-22-6-7-24-25(13-22)40-18-39-24/h6-7,12-14,19-20,26,35,38H,4-5,9-10,15-18H2,1-3H3,(H,32,37)/t19-,20-,26-/m1/s1. The van der Waals surface area contributed by atoms with Crippen molar-refractivity contribution in [1.29, 1.82) is 0 Å². The predicted molar refractivity (Wildman–Crippen MR) is 150 cm³/mol. The van der Waals surface area contributed by atoms with E-state index in [-0.39, 0.29) is 49.2 Å². The number of amides is 3. The highest BCUT2D eigenvalue weighted by atomic mass is 16.7. The summed E-state index contributed by atoms with van der Waals surface area (Å²) in [5.41, 5.74) is 0.256. The zero-order valence-corrected chi connectivity index (χ0v) is 23.6. The summed E-state index contributed by atoms with van der Waals surface area (Å²) in [5.74, 6) is 6.74. The third-order valence-corrected chi connectivity index (χ3v) is 7.82. The van der Waals surface area contributed by atoms with E-state index in [1.807, 2.05) is 6.92 Å². The molecule has 1 aliphatic carbocycles. The van der Waals surface area contributed by atoms with E-state index in [0.717, 1.165) is 12.8 Å². The van der Waals surface area contributed by atoms with Gasteiger partial charge in [0.05, 0.1) is 19.2 Å². The minimum Gasteiger partial charge on any atom is -0.472 e. The quantitative estimate of drug-likeness (QED) is 0.472. The predicted octanol–water partition coefficient (Wildman–Crippen LogP) is 2.85. The lowest BCUT2D eigenvalue weighted by Gasteiger charge is -2.37. The second kappa shape index (κ2) is 11.8. The van der Waals surface area contributed by atoms with Crippen molar-refractivity contribution >= 4 is 17.6 Å². The van der Waals surface area contributed by atoms with Crippen LogP contribution in [-0.2, 0) is 0 Å². The van der Waals surface area contributed by atoms with Crippen LogP contribution >= 0.6 is 0 Å². The summed E-state index contributed by atoms with van der Waals surface area (Å²) in [5, 5.41) is 23.4. The normalized spacial score (nSPS) is 21.5. The highest BCUT2D eigenvalue weighted by Gasteiger charge is 2.35. The number of fused-ring (bicyclic) bond motifs is 2. The molecular weight excluding hydrogens is 528 g/mol. The molecule has 1 saturated carbocycles. The number of hydrogen-bond donors (Lipinski definition) is 3. The number of pyridine rings is 1. The second-order valence-corrected chi connectivity index (χ2v) is 11.1. The number of aliphatic hydroxyl groups is 2. The van der Waals surface area contributed by atoms with E-state index in [4.69, 9.17) is 14.2 Å². The van der Waals surface area contributed by atoms with E-state index in [1.54, 1.807) is 43.1 Å². The fourth-order valence-corrected chi connectivity index (χ4v) is 5.21. The van der Waals surface area contributed by atoms with Crippen LogP contribution in [0.4, 0.5) is 10.5 Å². The Hall–Kier alpha value is -4.01. The SMILES string of the molecule is C[C@@H]1CN([C@H](C)CO)C(=O)c2cc(C#CC3(O)CCCC3)cnc2O[C@@H]1CN(C)C(=O)Nc1ccc2c(c1)OCO2. The van der Waals surface area contributed by atoms with Crippen molar-refractivity contribution in [2.45, 2.75) is 57.3 Å². The maximum Gasteiger partial charge on any atom is 0.321 e. The molecule has 0 bridgehead atoms. The van der Waals surface area contributed by atoms with Crippen LogP contribution in [0.3, 0.4) is 0 Å². The Bertz CT molecular complexity index is 1360. The molecule has 2 aromatic rings. The summed E-state index contributed by atoms with van der Waals surface area (Å²) in [7, 11) is 1.66. The Balaban J connectivity index is 1.37. The van der Waals surface area contributed by atoms with E-state index in [2.05, 4.69) is 22.1 Å². The number of benzene rings is 1. The summed E-state index contributed by atoms with van der Waals surface area (Å²) in [6.07, 6.45) is 4.12. The molecular formula is C30H36N4O7. The van der Waals surface area contributed by atoms with Gasteiger partial charge in [0.15, 0.2) is 11.5 Å². The van der Waals surface area contributed by atoms with Crippen LogP contribution in [0, 0.1) is 17.8 Å². The van der Waals surface area contributed by atoms with Gasteiger partial charge in [-0.15, -0.1) is 0 Å². The number of anilines is 1. The number of carbonyl (C=O) groups excluding carboxylic acids is 2. The maximum absolute atomic E-state index is 13.6. The first-order chi connectivity index (χ1) is 19.7. The van der Waals surface area contributed by atoms with Crippen molar-refractivity contribution < 1.29 is 34.0 Å². The van der Waals surface area contributed by atoms with Gasteiger partial charge >= 0.3 is 6.03 Å². The average Bonchev–Trinajstić information content (AvgIpc) is 3.62. The second-order valence-electron chi connectivity index (χ2n) is 11.1. The Kier molecular flexibility index (Phi) is 8.24. The highest BCUT2D eigenvalue weighted by molar-refractivity contribution is 5.97. The summed E-state index contributed by atoms with van der Waals surface area (Å²) >= 11 is 0. The molecule has 0 saturated heterocycles. The molecule has 1 aromatic heterocycles. The van der Waals surface area contributed by atoms with Crippen molar-refractivity contribution in [3.8, 4) is 29.2 Å². The zero-order chi connectivity index (χ0) is 29.1. The van der Waals surface area contributed by atoms with Crippen LogP contribution in [0.5, 0.6) is 17.4 Å². The first kappa shape index (κ1) is 28.5. The van der Waals surface area contributed by atoms with Gasteiger partial charge in [-0.25, -0.2) is 9.78 Å². The Morgan fingerprint density at radius 3 is 2.78 bits per heavy atom. The molecule has 3 amide bonds. The summed E-state index contributed by atoms with van der Waals surface area (Å²) in [6.45, 7) is 4.16. The molecule has 11 heteroatoms. The molecule has 5 rings (SSSR count). The van der Waals surface area contributed by atoms with E-state index in [0.29, 0.717) is 42.1 Å². The first-order valence-electron chi connectivity index (χ1n) is 13.9. The minimum atomic E-state index is -1.02. The lowest BCUT2D eigenvalue weighted by molar-refractivity contribution is 0.0356. The largest absolute Gasteiger partial charge is 0.472 e. The number of rotatable bonds is 5. The molecule has 3 atom stereocenters. The van der Waals surface area contributed by atoms with Crippen LogP contribution in [0.1, 0.15) is 55.5 Å². The van der Waals surface area contributed by atoms with E-state index >= 15 is 0 Å².